The summed E-state index contributed by atoms with van der Waals surface area (Å²) in [5.41, 5.74) is 0.136. The molecule has 0 aliphatic carbocycles. The van der Waals surface area contributed by atoms with Crippen LogP contribution in [0.5, 0.6) is 0 Å². The summed E-state index contributed by atoms with van der Waals surface area (Å²) in [6, 6.07) is 3.35. The second kappa shape index (κ2) is 5.93. The quantitative estimate of drug-likeness (QED) is 0.928. The molecule has 1 saturated heterocycles. The lowest BCUT2D eigenvalue weighted by atomic mass is 9.80. The first kappa shape index (κ1) is 16.2. The number of sulfonamides is 1. The van der Waals surface area contributed by atoms with E-state index in [4.69, 9.17) is 0 Å². The highest BCUT2D eigenvalue weighted by Gasteiger charge is 2.37. The monoisotopic (exact) mass is 311 g/mol. The Bertz CT molecular complexity index is 576. The zero-order valence-electron chi connectivity index (χ0n) is 13.3. The van der Waals surface area contributed by atoms with Crippen LogP contribution in [0.2, 0.25) is 0 Å². The topological polar surface area (TPSA) is 62.3 Å². The van der Waals surface area contributed by atoms with E-state index < -0.39 is 10.0 Å². The zero-order chi connectivity index (χ0) is 15.7. The second-order valence-electron chi connectivity index (χ2n) is 6.62. The predicted octanol–water partition coefficient (Wildman–Crippen LogP) is 2.57. The first-order chi connectivity index (χ1) is 9.75. The summed E-state index contributed by atoms with van der Waals surface area (Å²) in [4.78, 5) is 4.43. The fourth-order valence-electron chi connectivity index (χ4n) is 2.62. The van der Waals surface area contributed by atoms with Gasteiger partial charge in [-0.3, -0.25) is 0 Å². The van der Waals surface area contributed by atoms with Gasteiger partial charge in [-0.1, -0.05) is 20.8 Å². The predicted molar refractivity (Wildman–Crippen MR) is 84.7 cm³/mol. The lowest BCUT2D eigenvalue weighted by molar-refractivity contribution is 0.252. The summed E-state index contributed by atoms with van der Waals surface area (Å²) < 4.78 is 26.9. The minimum Gasteiger partial charge on any atom is -0.370 e. The molecule has 2 heterocycles. The molecule has 1 aliphatic rings. The molecule has 1 aliphatic heterocycles. The highest BCUT2D eigenvalue weighted by Crippen LogP contribution is 2.35. The van der Waals surface area contributed by atoms with Gasteiger partial charge in [0.15, 0.2) is 0 Å². The smallest absolute Gasteiger partial charge is 0.244 e. The molecule has 0 spiro atoms. The third kappa shape index (κ3) is 3.55. The molecule has 0 amide bonds. The molecule has 118 valence electrons. The van der Waals surface area contributed by atoms with Gasteiger partial charge >= 0.3 is 0 Å². The average molecular weight is 311 g/mol. The van der Waals surface area contributed by atoms with Crippen molar-refractivity contribution in [3.8, 4) is 0 Å². The van der Waals surface area contributed by atoms with Crippen LogP contribution < -0.4 is 5.32 Å². The maximum atomic E-state index is 12.6. The van der Waals surface area contributed by atoms with Crippen molar-refractivity contribution in [2.45, 2.75) is 39.0 Å². The van der Waals surface area contributed by atoms with Gasteiger partial charge in [-0.25, -0.2) is 13.4 Å². The van der Waals surface area contributed by atoms with Crippen molar-refractivity contribution in [1.82, 2.24) is 9.29 Å². The highest BCUT2D eigenvalue weighted by molar-refractivity contribution is 7.89. The molecule has 0 radical (unpaired) electrons. The standard InChI is InChI=1S/C15H25N3O2S/c1-5-16-14-7-6-13(10-17-14)21(19,20)18-9-8-12(11-18)15(2,3)4/h6-7,10,12H,5,8-9,11H2,1-4H3,(H,16,17). The Balaban J connectivity index is 2.15. The maximum Gasteiger partial charge on any atom is 0.244 e. The lowest BCUT2D eigenvalue weighted by Gasteiger charge is -2.26. The van der Waals surface area contributed by atoms with Crippen LogP contribution in [0.3, 0.4) is 0 Å². The highest BCUT2D eigenvalue weighted by atomic mass is 32.2. The molecule has 1 fully saturated rings. The number of pyridine rings is 1. The van der Waals surface area contributed by atoms with E-state index in [0.29, 0.717) is 24.8 Å². The summed E-state index contributed by atoms with van der Waals surface area (Å²) in [6.45, 7) is 10.4. The normalized spacial score (nSPS) is 20.7. The molecule has 0 saturated carbocycles. The van der Waals surface area contributed by atoms with Gasteiger partial charge < -0.3 is 5.32 Å². The summed E-state index contributed by atoms with van der Waals surface area (Å²) in [5, 5.41) is 3.06. The van der Waals surface area contributed by atoms with E-state index in [1.165, 1.54) is 6.20 Å². The van der Waals surface area contributed by atoms with Gasteiger partial charge in [0.1, 0.15) is 10.7 Å². The van der Waals surface area contributed by atoms with E-state index in [0.717, 1.165) is 13.0 Å². The fraction of sp³-hybridized carbons (Fsp3) is 0.667. The van der Waals surface area contributed by atoms with E-state index in [9.17, 15) is 8.42 Å². The Labute approximate surface area is 127 Å². The molecule has 0 bridgehead atoms. The number of rotatable bonds is 4. The van der Waals surface area contributed by atoms with Crippen molar-refractivity contribution in [3.63, 3.8) is 0 Å². The summed E-state index contributed by atoms with van der Waals surface area (Å²) in [6.07, 6.45) is 2.36. The van der Waals surface area contributed by atoms with Crippen molar-refractivity contribution >= 4 is 15.8 Å². The summed E-state index contributed by atoms with van der Waals surface area (Å²) >= 11 is 0. The van der Waals surface area contributed by atoms with Crippen LogP contribution in [0.4, 0.5) is 5.82 Å². The average Bonchev–Trinajstić information content (AvgIpc) is 2.90. The molecule has 5 nitrogen and oxygen atoms in total. The number of hydrogen-bond acceptors (Lipinski definition) is 4. The van der Waals surface area contributed by atoms with E-state index in [-0.39, 0.29) is 10.3 Å². The molecule has 1 unspecified atom stereocenters. The number of aromatic nitrogens is 1. The molecule has 2 rings (SSSR count). The van der Waals surface area contributed by atoms with Crippen molar-refractivity contribution in [1.29, 1.82) is 0 Å². The molecule has 6 heteroatoms. The van der Waals surface area contributed by atoms with E-state index >= 15 is 0 Å². The van der Waals surface area contributed by atoms with Crippen LogP contribution in [-0.4, -0.2) is 37.3 Å². The van der Waals surface area contributed by atoms with Crippen LogP contribution in [0, 0.1) is 11.3 Å². The van der Waals surface area contributed by atoms with Crippen LogP contribution in [0.25, 0.3) is 0 Å². The number of nitrogens with one attached hydrogen (secondary N) is 1. The van der Waals surface area contributed by atoms with Crippen LogP contribution >= 0.6 is 0 Å². The van der Waals surface area contributed by atoms with Gasteiger partial charge in [0, 0.05) is 25.8 Å². The van der Waals surface area contributed by atoms with E-state index in [2.05, 4.69) is 31.1 Å². The van der Waals surface area contributed by atoms with Gasteiger partial charge in [0.2, 0.25) is 10.0 Å². The number of hydrogen-bond donors (Lipinski definition) is 1. The molecule has 1 atom stereocenters. The minimum absolute atomic E-state index is 0.136. The number of anilines is 1. The Morgan fingerprint density at radius 3 is 2.57 bits per heavy atom. The van der Waals surface area contributed by atoms with Crippen LogP contribution in [0.1, 0.15) is 34.1 Å². The number of nitrogens with zero attached hydrogens (tertiary/aromatic N) is 2. The SMILES string of the molecule is CCNc1ccc(S(=O)(=O)N2CCC(C(C)(C)C)C2)cn1. The van der Waals surface area contributed by atoms with Crippen molar-refractivity contribution in [2.24, 2.45) is 11.3 Å². The third-order valence-electron chi connectivity index (χ3n) is 4.11. The fourth-order valence-corrected chi connectivity index (χ4v) is 4.07. The molecule has 1 N–H and O–H groups in total. The zero-order valence-corrected chi connectivity index (χ0v) is 14.1. The van der Waals surface area contributed by atoms with Gasteiger partial charge in [0.05, 0.1) is 0 Å². The molecular weight excluding hydrogens is 286 g/mol. The molecular formula is C15H25N3O2S. The Hall–Kier alpha value is -1.14. The molecule has 1 aromatic rings. The minimum atomic E-state index is -3.42. The Morgan fingerprint density at radius 1 is 1.38 bits per heavy atom. The van der Waals surface area contributed by atoms with E-state index in [1.807, 2.05) is 6.92 Å². The first-order valence-corrected chi connectivity index (χ1v) is 8.89. The van der Waals surface area contributed by atoms with Crippen molar-refractivity contribution < 1.29 is 8.42 Å². The molecule has 1 aromatic heterocycles. The Morgan fingerprint density at radius 2 is 2.10 bits per heavy atom. The lowest BCUT2D eigenvalue weighted by Crippen LogP contribution is -2.31. The van der Waals surface area contributed by atoms with Gasteiger partial charge in [-0.2, -0.15) is 4.31 Å². The molecule has 0 aromatic carbocycles. The largest absolute Gasteiger partial charge is 0.370 e. The van der Waals surface area contributed by atoms with Crippen LogP contribution in [-0.2, 0) is 10.0 Å². The van der Waals surface area contributed by atoms with Gasteiger partial charge in [-0.05, 0) is 36.8 Å². The summed E-state index contributed by atoms with van der Waals surface area (Å²) in [7, 11) is -3.42. The van der Waals surface area contributed by atoms with Crippen molar-refractivity contribution in [2.75, 3.05) is 25.0 Å². The first-order valence-electron chi connectivity index (χ1n) is 7.45. The van der Waals surface area contributed by atoms with E-state index in [1.54, 1.807) is 16.4 Å². The Kier molecular flexibility index (Phi) is 4.58. The van der Waals surface area contributed by atoms with Gasteiger partial charge in [-0.15, -0.1) is 0 Å². The third-order valence-corrected chi connectivity index (χ3v) is 5.96. The van der Waals surface area contributed by atoms with Crippen LogP contribution in [0.15, 0.2) is 23.2 Å². The molecule has 21 heavy (non-hydrogen) atoms. The summed E-state index contributed by atoms with van der Waals surface area (Å²) in [5.74, 6) is 1.10. The maximum absolute atomic E-state index is 12.6. The second-order valence-corrected chi connectivity index (χ2v) is 8.56. The van der Waals surface area contributed by atoms with Gasteiger partial charge in [0.25, 0.3) is 0 Å². The van der Waals surface area contributed by atoms with Crippen molar-refractivity contribution in [3.05, 3.63) is 18.3 Å².